The number of carbonyl (C=O) groups excluding carboxylic acids is 3. The van der Waals surface area contributed by atoms with Gasteiger partial charge in [-0.3, -0.25) is 14.4 Å². The maximum Gasteiger partial charge on any atom is 0.306 e. The van der Waals surface area contributed by atoms with Gasteiger partial charge >= 0.3 is 17.9 Å². The van der Waals surface area contributed by atoms with Crippen LogP contribution in [0.15, 0.2) is 24.3 Å². The lowest BCUT2D eigenvalue weighted by Crippen LogP contribution is -2.20. The number of rotatable bonds is 39. The van der Waals surface area contributed by atoms with Crippen molar-refractivity contribution in [1.82, 2.24) is 4.90 Å². The summed E-state index contributed by atoms with van der Waals surface area (Å²) in [5, 5.41) is 0. The van der Waals surface area contributed by atoms with Crippen molar-refractivity contribution >= 4 is 17.9 Å². The lowest BCUT2D eigenvalue weighted by Gasteiger charge is -2.18. The monoisotopic (exact) mass is 818 g/mol. The van der Waals surface area contributed by atoms with Crippen LogP contribution in [0, 0.1) is 35.5 Å². The number of allylic oxidation sites excluding steroid dienone is 2. The average Bonchev–Trinajstić information content (AvgIpc) is 3.14. The van der Waals surface area contributed by atoms with Gasteiger partial charge in [-0.2, -0.15) is 0 Å². The third-order valence-electron chi connectivity index (χ3n) is 11.4. The Bertz CT molecular complexity index is 980. The summed E-state index contributed by atoms with van der Waals surface area (Å²) in [6, 6.07) is 0. The quantitative estimate of drug-likeness (QED) is 0.0264. The number of hydrogen-bond donors (Lipinski definition) is 0. The molecule has 0 rings (SSSR count). The minimum Gasteiger partial charge on any atom is -0.462 e. The van der Waals surface area contributed by atoms with Crippen molar-refractivity contribution in [2.75, 3.05) is 33.9 Å². The average molecular weight is 818 g/mol. The smallest absolute Gasteiger partial charge is 0.306 e. The minimum absolute atomic E-state index is 0.0150. The van der Waals surface area contributed by atoms with Crippen molar-refractivity contribution in [3.8, 4) is 0 Å². The molecule has 0 aliphatic rings. The molecule has 0 aromatic carbocycles. The summed E-state index contributed by atoms with van der Waals surface area (Å²) in [5.41, 5.74) is 0. The fourth-order valence-corrected chi connectivity index (χ4v) is 7.34. The van der Waals surface area contributed by atoms with Crippen LogP contribution >= 0.6 is 0 Å². The summed E-state index contributed by atoms with van der Waals surface area (Å²) in [7, 11) is 4.07. The fourth-order valence-electron chi connectivity index (χ4n) is 7.34. The van der Waals surface area contributed by atoms with E-state index in [1.807, 2.05) is 26.2 Å². The van der Waals surface area contributed by atoms with Crippen LogP contribution in [0.3, 0.4) is 0 Å². The van der Waals surface area contributed by atoms with E-state index in [1.165, 1.54) is 51.4 Å². The molecule has 0 aliphatic carbocycles. The van der Waals surface area contributed by atoms with Crippen LogP contribution in [-0.4, -0.2) is 62.8 Å². The summed E-state index contributed by atoms with van der Waals surface area (Å²) in [4.78, 5) is 39.1. The van der Waals surface area contributed by atoms with E-state index < -0.39 is 0 Å². The van der Waals surface area contributed by atoms with Gasteiger partial charge in [0.05, 0.1) is 0 Å². The molecule has 2 unspecified atom stereocenters. The van der Waals surface area contributed by atoms with Gasteiger partial charge in [-0.1, -0.05) is 157 Å². The summed E-state index contributed by atoms with van der Waals surface area (Å²) in [5.74, 6) is 3.49. The van der Waals surface area contributed by atoms with Crippen molar-refractivity contribution in [2.45, 2.75) is 216 Å². The van der Waals surface area contributed by atoms with Crippen LogP contribution in [0.1, 0.15) is 209 Å². The predicted octanol–water partition coefficient (Wildman–Crippen LogP) is 13.9. The molecular formula is C51H95NO6. The number of carbonyl (C=O) groups is 3. The zero-order valence-electron chi connectivity index (χ0n) is 39.8. The lowest BCUT2D eigenvalue weighted by molar-refractivity contribution is -0.150. The predicted molar refractivity (Wildman–Crippen MR) is 246 cm³/mol. The molecule has 0 heterocycles. The van der Waals surface area contributed by atoms with Crippen molar-refractivity contribution in [2.24, 2.45) is 35.5 Å². The van der Waals surface area contributed by atoms with E-state index in [1.54, 1.807) is 0 Å². The minimum atomic E-state index is -0.0871. The van der Waals surface area contributed by atoms with E-state index in [0.29, 0.717) is 68.0 Å². The van der Waals surface area contributed by atoms with Gasteiger partial charge in [0.25, 0.3) is 0 Å². The number of unbranched alkanes of at least 4 members (excludes halogenated alkanes) is 12. The van der Waals surface area contributed by atoms with E-state index >= 15 is 0 Å². The third kappa shape index (κ3) is 36.9. The van der Waals surface area contributed by atoms with E-state index in [4.69, 9.17) is 14.2 Å². The summed E-state index contributed by atoms with van der Waals surface area (Å²) in [6.07, 6.45) is 33.0. The molecule has 0 saturated heterocycles. The molecule has 58 heavy (non-hydrogen) atoms. The van der Waals surface area contributed by atoms with E-state index in [0.717, 1.165) is 90.0 Å². The van der Waals surface area contributed by atoms with Gasteiger partial charge in [0, 0.05) is 19.3 Å². The highest BCUT2D eigenvalue weighted by atomic mass is 16.5. The highest BCUT2D eigenvalue weighted by Gasteiger charge is 2.15. The topological polar surface area (TPSA) is 82.1 Å². The molecule has 0 N–H and O–H groups in total. The van der Waals surface area contributed by atoms with Gasteiger partial charge in [0.2, 0.25) is 0 Å². The molecule has 7 nitrogen and oxygen atoms in total. The first-order valence-electron chi connectivity index (χ1n) is 24.2. The molecule has 0 bridgehead atoms. The van der Waals surface area contributed by atoms with Crippen molar-refractivity contribution in [3.05, 3.63) is 24.3 Å². The van der Waals surface area contributed by atoms with Crippen LogP contribution in [0.4, 0.5) is 0 Å². The second-order valence-corrected chi connectivity index (χ2v) is 19.0. The third-order valence-corrected chi connectivity index (χ3v) is 11.4. The number of nitrogens with zero attached hydrogens (tertiary/aromatic N) is 1. The molecule has 0 aromatic heterocycles. The molecule has 0 aromatic rings. The van der Waals surface area contributed by atoms with E-state index in [9.17, 15) is 14.4 Å². The van der Waals surface area contributed by atoms with Crippen molar-refractivity contribution in [3.63, 3.8) is 0 Å². The van der Waals surface area contributed by atoms with Crippen LogP contribution in [-0.2, 0) is 28.6 Å². The van der Waals surface area contributed by atoms with E-state index in [-0.39, 0.29) is 24.0 Å². The maximum atomic E-state index is 12.6. The number of hydrogen-bond acceptors (Lipinski definition) is 7. The first kappa shape index (κ1) is 55.9. The Labute approximate surface area is 359 Å². The molecule has 340 valence electrons. The summed E-state index contributed by atoms with van der Waals surface area (Å²) >= 11 is 0. The lowest BCUT2D eigenvalue weighted by atomic mass is 9.88. The van der Waals surface area contributed by atoms with Crippen LogP contribution in [0.5, 0.6) is 0 Å². The highest BCUT2D eigenvalue weighted by Crippen LogP contribution is 2.23. The zero-order chi connectivity index (χ0) is 43.4. The largest absolute Gasteiger partial charge is 0.462 e. The van der Waals surface area contributed by atoms with Gasteiger partial charge in [0.1, 0.15) is 19.3 Å². The Balaban J connectivity index is 4.23. The molecule has 0 radical (unpaired) electrons. The molecule has 2 atom stereocenters. The summed E-state index contributed by atoms with van der Waals surface area (Å²) in [6.45, 7) is 19.8. The molecule has 0 aliphatic heterocycles. The first-order chi connectivity index (χ1) is 27.7. The van der Waals surface area contributed by atoms with Crippen LogP contribution in [0.25, 0.3) is 0 Å². The van der Waals surface area contributed by atoms with Gasteiger partial charge in [-0.15, -0.1) is 0 Å². The van der Waals surface area contributed by atoms with Crippen LogP contribution < -0.4 is 0 Å². The van der Waals surface area contributed by atoms with Gasteiger partial charge in [-0.25, -0.2) is 0 Å². The van der Waals surface area contributed by atoms with E-state index in [2.05, 4.69) is 72.4 Å². The second-order valence-electron chi connectivity index (χ2n) is 19.0. The normalized spacial score (nSPS) is 13.8. The zero-order valence-corrected chi connectivity index (χ0v) is 39.8. The maximum absolute atomic E-state index is 12.6. The Morgan fingerprint density at radius 3 is 1.17 bits per heavy atom. The summed E-state index contributed by atoms with van der Waals surface area (Å²) < 4.78 is 16.9. The Kier molecular flexibility index (Phi) is 36.4. The second kappa shape index (κ2) is 37.8. The number of esters is 3. The standard InChI is InChI=1S/C51H95NO6/c1-42(2)35-37-46(44(5)6)28-26-40-56-49(53)32-23-19-15-11-13-17-21-30-48(58-51(55)34-25-39-52(9)10)31-22-18-14-12-16-20-24-33-50(54)57-41-27-29-47(45(7)8)38-36-43(3)4/h26-29,42-48H,11-25,30-41H2,1-10H3/b28-26+,29-27+. The molecular weight excluding hydrogens is 723 g/mol. The highest BCUT2D eigenvalue weighted by molar-refractivity contribution is 5.70. The van der Waals surface area contributed by atoms with Crippen molar-refractivity contribution in [1.29, 1.82) is 0 Å². The molecule has 0 fully saturated rings. The van der Waals surface area contributed by atoms with Gasteiger partial charge < -0.3 is 19.1 Å². The molecule has 0 spiro atoms. The SMILES string of the molecule is CC(C)CCC(/C=C/COC(=O)CCCCCCCCCC(CCCCCCCCCC(=O)OC/C=C/C(CCC(C)C)C(C)C)OC(=O)CCCN(C)C)C(C)C. The van der Waals surface area contributed by atoms with Crippen molar-refractivity contribution < 1.29 is 28.6 Å². The Hall–Kier alpha value is -2.15. The van der Waals surface area contributed by atoms with Crippen LogP contribution in [0.2, 0.25) is 0 Å². The van der Waals surface area contributed by atoms with Gasteiger partial charge in [-0.05, 0) is 114 Å². The Morgan fingerprint density at radius 2 is 0.810 bits per heavy atom. The Morgan fingerprint density at radius 1 is 0.448 bits per heavy atom. The fraction of sp³-hybridized carbons (Fsp3) is 0.863. The molecule has 0 amide bonds. The first-order valence-corrected chi connectivity index (χ1v) is 24.2. The molecule has 0 saturated carbocycles. The van der Waals surface area contributed by atoms with Gasteiger partial charge in [0.15, 0.2) is 0 Å². The molecule has 7 heteroatoms. The number of ether oxygens (including phenoxy) is 3.